The van der Waals surface area contributed by atoms with Gasteiger partial charge in [-0.1, -0.05) is 23.6 Å². The molecule has 1 aromatic rings. The lowest BCUT2D eigenvalue weighted by molar-refractivity contribution is -0.122. The van der Waals surface area contributed by atoms with Gasteiger partial charge in [-0.25, -0.2) is 0 Å². The molecule has 0 radical (unpaired) electrons. The third-order valence-electron chi connectivity index (χ3n) is 2.39. The van der Waals surface area contributed by atoms with Gasteiger partial charge in [0, 0.05) is 0 Å². The molecular weight excluding hydrogens is 286 g/mol. The maximum absolute atomic E-state index is 11.9. The maximum Gasteiger partial charge on any atom is 0.294 e. The first-order valence-electron chi connectivity index (χ1n) is 5.20. The topological polar surface area (TPSA) is 57.6 Å². The number of terminal acetylenes is 1. The highest BCUT2D eigenvalue weighted by Gasteiger charge is 2.34. The van der Waals surface area contributed by atoms with Gasteiger partial charge in [0.15, 0.2) is 0 Å². The Kier molecular flexibility index (Phi) is 3.84. The summed E-state index contributed by atoms with van der Waals surface area (Å²) in [4.78, 5) is 24.7. The molecule has 1 N–H and O–H groups in total. The highest BCUT2D eigenvalue weighted by molar-refractivity contribution is 8.18. The van der Waals surface area contributed by atoms with Gasteiger partial charge < -0.3 is 5.11 Å². The van der Waals surface area contributed by atoms with Gasteiger partial charge in [0.05, 0.1) is 16.5 Å². The summed E-state index contributed by atoms with van der Waals surface area (Å²) in [7, 11) is 0. The Morgan fingerprint density at radius 3 is 2.84 bits per heavy atom. The first kappa shape index (κ1) is 13.5. The molecule has 0 aliphatic carbocycles. The van der Waals surface area contributed by atoms with Crippen LogP contribution in [0.4, 0.5) is 4.79 Å². The first-order chi connectivity index (χ1) is 9.02. The van der Waals surface area contributed by atoms with Gasteiger partial charge in [0.25, 0.3) is 11.1 Å². The van der Waals surface area contributed by atoms with Gasteiger partial charge in [-0.15, -0.1) is 6.42 Å². The van der Waals surface area contributed by atoms with Crippen LogP contribution in [0.3, 0.4) is 0 Å². The molecule has 1 aromatic carbocycles. The summed E-state index contributed by atoms with van der Waals surface area (Å²) in [6.07, 6.45) is 6.63. The third-order valence-corrected chi connectivity index (χ3v) is 3.60. The second kappa shape index (κ2) is 5.39. The zero-order valence-electron chi connectivity index (χ0n) is 9.59. The molecule has 0 atom stereocenters. The number of hydrogen-bond donors (Lipinski definition) is 1. The standard InChI is InChI=1S/C13H8ClNO3S/c1-2-5-15-12(17)11(19-13(15)18)7-8-3-4-10(16)9(14)6-8/h1,3-4,6-7,16H,5H2/b11-7+. The van der Waals surface area contributed by atoms with Gasteiger partial charge in [0.1, 0.15) is 5.75 Å². The number of thioether (sulfide) groups is 1. The van der Waals surface area contributed by atoms with Crippen LogP contribution in [0, 0.1) is 12.3 Å². The van der Waals surface area contributed by atoms with Crippen molar-refractivity contribution in [2.75, 3.05) is 6.54 Å². The van der Waals surface area contributed by atoms with Crippen LogP contribution in [0.25, 0.3) is 6.08 Å². The summed E-state index contributed by atoms with van der Waals surface area (Å²) in [6, 6.07) is 4.52. The highest BCUT2D eigenvalue weighted by Crippen LogP contribution is 2.33. The lowest BCUT2D eigenvalue weighted by atomic mass is 10.2. The van der Waals surface area contributed by atoms with Crippen LogP contribution in [0.5, 0.6) is 5.75 Å². The van der Waals surface area contributed by atoms with E-state index in [0.717, 1.165) is 16.7 Å². The van der Waals surface area contributed by atoms with E-state index in [4.69, 9.17) is 18.0 Å². The van der Waals surface area contributed by atoms with E-state index in [0.29, 0.717) is 5.56 Å². The van der Waals surface area contributed by atoms with Crippen LogP contribution >= 0.6 is 23.4 Å². The van der Waals surface area contributed by atoms with Crippen molar-refractivity contribution in [2.45, 2.75) is 0 Å². The molecule has 0 bridgehead atoms. The normalized spacial score (nSPS) is 17.1. The predicted molar refractivity (Wildman–Crippen MR) is 74.6 cm³/mol. The third kappa shape index (κ3) is 2.75. The number of rotatable bonds is 2. The Balaban J connectivity index is 2.30. The largest absolute Gasteiger partial charge is 0.506 e. The van der Waals surface area contributed by atoms with Crippen LogP contribution in [-0.4, -0.2) is 27.7 Å². The van der Waals surface area contributed by atoms with Crippen molar-refractivity contribution < 1.29 is 14.7 Å². The summed E-state index contributed by atoms with van der Waals surface area (Å²) in [5, 5.41) is 9.09. The molecule has 2 rings (SSSR count). The molecule has 0 saturated carbocycles. The number of aromatic hydroxyl groups is 1. The Hall–Kier alpha value is -1.90. The van der Waals surface area contributed by atoms with Crippen LogP contribution in [0.1, 0.15) is 5.56 Å². The van der Waals surface area contributed by atoms with Crippen molar-refractivity contribution in [1.29, 1.82) is 0 Å². The Morgan fingerprint density at radius 2 is 2.21 bits per heavy atom. The Labute approximate surface area is 119 Å². The highest BCUT2D eigenvalue weighted by atomic mass is 35.5. The van der Waals surface area contributed by atoms with Crippen molar-refractivity contribution in [3.05, 3.63) is 33.7 Å². The molecule has 1 fully saturated rings. The zero-order chi connectivity index (χ0) is 14.0. The second-order valence-electron chi connectivity index (χ2n) is 3.68. The van der Waals surface area contributed by atoms with E-state index in [1.165, 1.54) is 18.2 Å². The van der Waals surface area contributed by atoms with Crippen LogP contribution in [-0.2, 0) is 4.79 Å². The van der Waals surface area contributed by atoms with Crippen molar-refractivity contribution in [3.8, 4) is 18.1 Å². The summed E-state index contributed by atoms with van der Waals surface area (Å²) >= 11 is 6.59. The second-order valence-corrected chi connectivity index (χ2v) is 5.08. The molecule has 1 saturated heterocycles. The van der Waals surface area contributed by atoms with Gasteiger partial charge in [-0.2, -0.15) is 0 Å². The molecule has 0 spiro atoms. The minimum absolute atomic E-state index is 0.0424. The number of hydrogen-bond acceptors (Lipinski definition) is 4. The molecular formula is C13H8ClNO3S. The van der Waals surface area contributed by atoms with Crippen LogP contribution in [0.2, 0.25) is 5.02 Å². The molecule has 6 heteroatoms. The molecule has 1 aliphatic rings. The summed E-state index contributed by atoms with van der Waals surface area (Å²) in [6.45, 7) is -0.0433. The van der Waals surface area contributed by atoms with Crippen LogP contribution < -0.4 is 0 Å². The number of amides is 2. The lowest BCUT2D eigenvalue weighted by Gasteiger charge is -2.06. The van der Waals surface area contributed by atoms with Gasteiger partial charge in [0.2, 0.25) is 0 Å². The fourth-order valence-corrected chi connectivity index (χ4v) is 2.52. The van der Waals surface area contributed by atoms with E-state index in [2.05, 4.69) is 5.92 Å². The molecule has 0 unspecified atom stereocenters. The minimum Gasteiger partial charge on any atom is -0.506 e. The lowest BCUT2D eigenvalue weighted by Crippen LogP contribution is -2.28. The zero-order valence-corrected chi connectivity index (χ0v) is 11.2. The fraction of sp³-hybridized carbons (Fsp3) is 0.0769. The summed E-state index contributed by atoms with van der Waals surface area (Å²) < 4.78 is 0. The number of phenols is 1. The molecule has 19 heavy (non-hydrogen) atoms. The monoisotopic (exact) mass is 293 g/mol. The van der Waals surface area contributed by atoms with Crippen molar-refractivity contribution >= 4 is 40.6 Å². The maximum atomic E-state index is 11.9. The number of carbonyl (C=O) groups excluding carboxylic acids is 2. The number of carbonyl (C=O) groups is 2. The SMILES string of the molecule is C#CCN1C(=O)S/C(=C/c2ccc(O)c(Cl)c2)C1=O. The number of nitrogens with zero attached hydrogens (tertiary/aromatic N) is 1. The predicted octanol–water partition coefficient (Wildman–Crippen LogP) is 2.72. The van der Waals surface area contributed by atoms with Crippen molar-refractivity contribution in [1.82, 2.24) is 4.90 Å². The van der Waals surface area contributed by atoms with E-state index >= 15 is 0 Å². The number of imide groups is 1. The van der Waals surface area contributed by atoms with Crippen LogP contribution in [0.15, 0.2) is 23.1 Å². The van der Waals surface area contributed by atoms with Gasteiger partial charge >= 0.3 is 0 Å². The molecule has 2 amide bonds. The molecule has 96 valence electrons. The molecule has 4 nitrogen and oxygen atoms in total. The van der Waals surface area contributed by atoms with E-state index in [1.54, 1.807) is 6.07 Å². The molecule has 0 aromatic heterocycles. The fourth-order valence-electron chi connectivity index (χ4n) is 1.49. The van der Waals surface area contributed by atoms with Gasteiger partial charge in [-0.05, 0) is 35.5 Å². The molecule has 1 aliphatic heterocycles. The number of halogens is 1. The van der Waals surface area contributed by atoms with E-state index in [1.807, 2.05) is 0 Å². The van der Waals surface area contributed by atoms with Crippen molar-refractivity contribution in [3.63, 3.8) is 0 Å². The minimum atomic E-state index is -0.419. The first-order valence-corrected chi connectivity index (χ1v) is 6.39. The summed E-state index contributed by atoms with van der Waals surface area (Å²) in [5.74, 6) is 1.80. The van der Waals surface area contributed by atoms with Crippen molar-refractivity contribution in [2.24, 2.45) is 0 Å². The van der Waals surface area contributed by atoms with E-state index in [9.17, 15) is 14.7 Å². The molecule has 1 heterocycles. The Morgan fingerprint density at radius 1 is 1.47 bits per heavy atom. The number of phenolic OH excluding ortho intramolecular Hbond substituents is 1. The smallest absolute Gasteiger partial charge is 0.294 e. The average Bonchev–Trinajstić information content (AvgIpc) is 2.62. The van der Waals surface area contributed by atoms with E-state index in [-0.39, 0.29) is 27.5 Å². The summed E-state index contributed by atoms with van der Waals surface area (Å²) in [5.41, 5.74) is 0.619. The Bertz CT molecular complexity index is 633. The van der Waals surface area contributed by atoms with E-state index < -0.39 is 5.91 Å². The average molecular weight is 294 g/mol. The quantitative estimate of drug-likeness (QED) is 0.673. The number of benzene rings is 1. The van der Waals surface area contributed by atoms with Gasteiger partial charge in [-0.3, -0.25) is 14.5 Å².